The second-order valence-corrected chi connectivity index (χ2v) is 8.34. The lowest BCUT2D eigenvalue weighted by atomic mass is 9.64. The normalized spacial score (nSPS) is 15.9. The van der Waals surface area contributed by atoms with Crippen LogP contribution in [0.25, 0.3) is 0 Å². The number of esters is 2. The Balaban J connectivity index is 2.02. The van der Waals surface area contributed by atoms with Gasteiger partial charge >= 0.3 is 19.1 Å². The summed E-state index contributed by atoms with van der Waals surface area (Å²) in [5, 5.41) is 10.3. The summed E-state index contributed by atoms with van der Waals surface area (Å²) in [6.07, 6.45) is 2.92. The summed E-state index contributed by atoms with van der Waals surface area (Å²) in [7, 11) is -1.18. The van der Waals surface area contributed by atoms with Gasteiger partial charge in [0.25, 0.3) is 0 Å². The zero-order valence-electron chi connectivity index (χ0n) is 17.5. The Morgan fingerprint density at radius 3 is 2.62 bits per heavy atom. The average Bonchev–Trinajstić information content (AvgIpc) is 2.65. The van der Waals surface area contributed by atoms with Gasteiger partial charge in [-0.15, -0.1) is 0 Å². The van der Waals surface area contributed by atoms with E-state index in [1.807, 2.05) is 6.92 Å². The van der Waals surface area contributed by atoms with Crippen molar-refractivity contribution in [1.82, 2.24) is 0 Å². The SMILES string of the molecule is CCCCC(=O)C[C@H]1Cc2cccc(C(=O)OCOC(=O)C(C)(C)C)c2OB1O. The fraction of sp³-hybridized carbons (Fsp3) is 0.571. The number of benzene rings is 1. The third-order valence-electron chi connectivity index (χ3n) is 4.73. The van der Waals surface area contributed by atoms with Gasteiger partial charge in [-0.25, -0.2) is 4.79 Å². The molecule has 0 radical (unpaired) electrons. The molecule has 0 aliphatic carbocycles. The molecule has 0 fully saturated rings. The van der Waals surface area contributed by atoms with Gasteiger partial charge in [0.1, 0.15) is 17.1 Å². The van der Waals surface area contributed by atoms with Crippen LogP contribution in [0.1, 0.15) is 69.3 Å². The molecule has 1 N–H and O–H groups in total. The monoisotopic (exact) mass is 404 g/mol. The standard InChI is InChI=1S/C21H29BO7/c1-5-6-9-16(23)12-15-11-14-8-7-10-17(18(14)29-22(15)26)19(24)27-13-28-20(25)21(2,3)4/h7-8,10,15,26H,5-6,9,11-13H2,1-4H3/t15-/m1/s1. The third-order valence-corrected chi connectivity index (χ3v) is 4.73. The van der Waals surface area contributed by atoms with Gasteiger partial charge in [0, 0.05) is 18.7 Å². The van der Waals surface area contributed by atoms with Crippen LogP contribution in [0.3, 0.4) is 0 Å². The van der Waals surface area contributed by atoms with Gasteiger partial charge in [-0.1, -0.05) is 25.5 Å². The zero-order valence-corrected chi connectivity index (χ0v) is 17.5. The molecule has 1 aromatic rings. The number of rotatable bonds is 8. The minimum atomic E-state index is -1.18. The Hall–Kier alpha value is -2.35. The van der Waals surface area contributed by atoms with Gasteiger partial charge in [0.05, 0.1) is 5.41 Å². The highest BCUT2D eigenvalue weighted by Gasteiger charge is 2.37. The molecule has 7 nitrogen and oxygen atoms in total. The Bertz CT molecular complexity index is 754. The summed E-state index contributed by atoms with van der Waals surface area (Å²) < 4.78 is 15.6. The van der Waals surface area contributed by atoms with Crippen LogP contribution >= 0.6 is 0 Å². The molecule has 0 bridgehead atoms. The van der Waals surface area contributed by atoms with E-state index in [-0.39, 0.29) is 29.3 Å². The van der Waals surface area contributed by atoms with Crippen molar-refractivity contribution in [3.8, 4) is 5.75 Å². The largest absolute Gasteiger partial charge is 0.535 e. The third kappa shape index (κ3) is 6.32. The molecule has 0 spiro atoms. The summed E-state index contributed by atoms with van der Waals surface area (Å²) in [5.74, 6) is -1.22. The van der Waals surface area contributed by atoms with Crippen molar-refractivity contribution < 1.29 is 33.5 Å². The van der Waals surface area contributed by atoms with Crippen molar-refractivity contribution in [3.05, 3.63) is 29.3 Å². The Labute approximate surface area is 171 Å². The molecular formula is C21H29BO7. The number of ketones is 1. The number of Topliss-reactive ketones (excluding diaryl/α,β-unsaturated/α-hetero) is 1. The van der Waals surface area contributed by atoms with E-state index in [2.05, 4.69) is 0 Å². The molecule has 0 amide bonds. The highest BCUT2D eigenvalue weighted by molar-refractivity contribution is 6.47. The van der Waals surface area contributed by atoms with E-state index >= 15 is 0 Å². The number of hydrogen-bond donors (Lipinski definition) is 1. The van der Waals surface area contributed by atoms with Gasteiger partial charge in [-0.05, 0) is 45.2 Å². The topological polar surface area (TPSA) is 99.1 Å². The molecule has 0 saturated carbocycles. The summed E-state index contributed by atoms with van der Waals surface area (Å²) >= 11 is 0. The molecule has 1 aromatic carbocycles. The number of ether oxygens (including phenoxy) is 2. The second-order valence-electron chi connectivity index (χ2n) is 8.34. The lowest BCUT2D eigenvalue weighted by Crippen LogP contribution is -2.36. The average molecular weight is 404 g/mol. The van der Waals surface area contributed by atoms with Crippen molar-refractivity contribution in [2.75, 3.05) is 6.79 Å². The number of para-hydroxylation sites is 1. The van der Waals surface area contributed by atoms with Gasteiger partial charge in [0.2, 0.25) is 6.79 Å². The summed E-state index contributed by atoms with van der Waals surface area (Å²) in [6.45, 7) is 6.61. The first kappa shape index (κ1) is 22.9. The van der Waals surface area contributed by atoms with Crippen LogP contribution in [-0.2, 0) is 25.5 Å². The summed E-state index contributed by atoms with van der Waals surface area (Å²) in [6, 6.07) is 5.00. The van der Waals surface area contributed by atoms with Crippen molar-refractivity contribution in [1.29, 1.82) is 0 Å². The molecule has 1 aliphatic heterocycles. The Kier molecular flexibility index (Phi) is 7.84. The lowest BCUT2D eigenvalue weighted by Gasteiger charge is -2.28. The fourth-order valence-corrected chi connectivity index (χ4v) is 3.02. The molecule has 0 aromatic heterocycles. The fourth-order valence-electron chi connectivity index (χ4n) is 3.02. The Morgan fingerprint density at radius 2 is 1.97 bits per heavy atom. The first-order chi connectivity index (χ1) is 13.6. The Morgan fingerprint density at radius 1 is 1.24 bits per heavy atom. The zero-order chi connectivity index (χ0) is 21.6. The smallest absolute Gasteiger partial charge is 0.526 e. The van der Waals surface area contributed by atoms with E-state index in [0.29, 0.717) is 12.8 Å². The molecule has 0 saturated heterocycles. The number of fused-ring (bicyclic) bond motifs is 1. The van der Waals surface area contributed by atoms with E-state index in [0.717, 1.165) is 18.4 Å². The maximum Gasteiger partial charge on any atom is 0.526 e. The second kappa shape index (κ2) is 9.92. The van der Waals surface area contributed by atoms with Gasteiger partial charge in [0.15, 0.2) is 0 Å². The van der Waals surface area contributed by atoms with Crippen LogP contribution in [0.4, 0.5) is 0 Å². The van der Waals surface area contributed by atoms with Crippen molar-refractivity contribution in [2.24, 2.45) is 5.41 Å². The number of hydrogen-bond acceptors (Lipinski definition) is 7. The minimum absolute atomic E-state index is 0.0965. The van der Waals surface area contributed by atoms with Gasteiger partial charge in [-0.3, -0.25) is 9.59 Å². The number of carbonyl (C=O) groups is 3. The molecule has 158 valence electrons. The van der Waals surface area contributed by atoms with E-state index in [9.17, 15) is 19.4 Å². The molecule has 1 atom stereocenters. The predicted molar refractivity (Wildman–Crippen MR) is 107 cm³/mol. The highest BCUT2D eigenvalue weighted by Crippen LogP contribution is 2.36. The maximum absolute atomic E-state index is 12.4. The molecule has 1 heterocycles. The van der Waals surface area contributed by atoms with Crippen LogP contribution in [0, 0.1) is 5.41 Å². The van der Waals surface area contributed by atoms with Crippen LogP contribution in [0.15, 0.2) is 18.2 Å². The molecule has 29 heavy (non-hydrogen) atoms. The van der Waals surface area contributed by atoms with Crippen LogP contribution in [0.5, 0.6) is 5.75 Å². The predicted octanol–water partition coefficient (Wildman–Crippen LogP) is 3.33. The van der Waals surface area contributed by atoms with Crippen LogP contribution < -0.4 is 4.65 Å². The molecular weight excluding hydrogens is 375 g/mol. The molecule has 8 heteroatoms. The quantitative estimate of drug-likeness (QED) is 0.403. The molecule has 1 aliphatic rings. The van der Waals surface area contributed by atoms with Gasteiger partial charge in [-0.2, -0.15) is 0 Å². The number of carbonyl (C=O) groups excluding carboxylic acids is 3. The van der Waals surface area contributed by atoms with E-state index < -0.39 is 31.3 Å². The minimum Gasteiger partial charge on any atom is -0.535 e. The van der Waals surface area contributed by atoms with Crippen molar-refractivity contribution in [2.45, 2.75) is 65.6 Å². The maximum atomic E-state index is 12.4. The van der Waals surface area contributed by atoms with Gasteiger partial charge < -0.3 is 19.2 Å². The summed E-state index contributed by atoms with van der Waals surface area (Å²) in [4.78, 5) is 36.2. The molecule has 2 rings (SSSR count). The van der Waals surface area contributed by atoms with Crippen molar-refractivity contribution in [3.63, 3.8) is 0 Å². The highest BCUT2D eigenvalue weighted by atomic mass is 16.7. The first-order valence-electron chi connectivity index (χ1n) is 9.96. The van der Waals surface area contributed by atoms with Crippen LogP contribution in [0.2, 0.25) is 5.82 Å². The van der Waals surface area contributed by atoms with E-state index in [1.54, 1.807) is 32.9 Å². The molecule has 0 unspecified atom stereocenters. The lowest BCUT2D eigenvalue weighted by molar-refractivity contribution is -0.161. The van der Waals surface area contributed by atoms with Crippen LogP contribution in [-0.4, -0.2) is 36.7 Å². The van der Waals surface area contributed by atoms with E-state index in [4.69, 9.17) is 14.1 Å². The number of unbranched alkanes of at least 4 members (excludes halogenated alkanes) is 1. The first-order valence-corrected chi connectivity index (χ1v) is 9.96. The van der Waals surface area contributed by atoms with Crippen molar-refractivity contribution >= 4 is 24.8 Å². The summed E-state index contributed by atoms with van der Waals surface area (Å²) in [5.41, 5.74) is 0.170. The van der Waals surface area contributed by atoms with E-state index in [1.165, 1.54) is 6.07 Å².